The highest BCUT2D eigenvalue weighted by Crippen LogP contribution is 2.24. The van der Waals surface area contributed by atoms with Gasteiger partial charge in [0.05, 0.1) is 6.10 Å². The van der Waals surface area contributed by atoms with Crippen LogP contribution in [-0.4, -0.2) is 34.3 Å². The average Bonchev–Trinajstić information content (AvgIpc) is 2.52. The van der Waals surface area contributed by atoms with E-state index in [0.717, 1.165) is 62.7 Å². The number of nitrogens with one attached hydrogen (secondary N) is 2. The third kappa shape index (κ3) is 4.84. The van der Waals surface area contributed by atoms with Crippen molar-refractivity contribution in [2.45, 2.75) is 58.5 Å². The Morgan fingerprint density at radius 3 is 2.52 bits per heavy atom. The zero-order valence-electron chi connectivity index (χ0n) is 13.2. The lowest BCUT2D eigenvalue weighted by atomic mass is 9.86. The van der Waals surface area contributed by atoms with Crippen molar-refractivity contribution in [2.75, 3.05) is 23.7 Å². The first-order valence-corrected chi connectivity index (χ1v) is 8.26. The van der Waals surface area contributed by atoms with E-state index in [1.165, 1.54) is 6.42 Å². The van der Waals surface area contributed by atoms with E-state index < -0.39 is 0 Å². The summed E-state index contributed by atoms with van der Waals surface area (Å²) in [6, 6.07) is 1.96. The summed E-state index contributed by atoms with van der Waals surface area (Å²) in [5.41, 5.74) is 0. The first kappa shape index (κ1) is 16.0. The highest BCUT2D eigenvalue weighted by molar-refractivity contribution is 5.47. The Hall–Kier alpha value is -1.36. The van der Waals surface area contributed by atoms with Gasteiger partial charge in [0.15, 0.2) is 0 Å². The molecule has 0 spiro atoms. The van der Waals surface area contributed by atoms with E-state index in [1.807, 2.05) is 6.07 Å². The summed E-state index contributed by atoms with van der Waals surface area (Å²) in [5.74, 6) is 2.93. The molecular formula is C16H28N4O. The van der Waals surface area contributed by atoms with Crippen LogP contribution in [0.2, 0.25) is 0 Å². The van der Waals surface area contributed by atoms with Crippen LogP contribution in [0.15, 0.2) is 6.07 Å². The number of hydrogen-bond donors (Lipinski definition) is 3. The summed E-state index contributed by atoms with van der Waals surface area (Å²) < 4.78 is 0. The van der Waals surface area contributed by atoms with Gasteiger partial charge in [-0.05, 0) is 19.3 Å². The molecule has 2 rings (SSSR count). The molecule has 0 aromatic carbocycles. The molecule has 118 valence electrons. The van der Waals surface area contributed by atoms with Crippen LogP contribution < -0.4 is 10.6 Å². The molecule has 0 radical (unpaired) electrons. The van der Waals surface area contributed by atoms with Gasteiger partial charge >= 0.3 is 0 Å². The predicted molar refractivity (Wildman–Crippen MR) is 86.6 cm³/mol. The largest absolute Gasteiger partial charge is 0.393 e. The summed E-state index contributed by atoms with van der Waals surface area (Å²) in [6.07, 6.45) is 6.12. The molecule has 2 unspecified atom stereocenters. The van der Waals surface area contributed by atoms with Gasteiger partial charge in [-0.25, -0.2) is 9.97 Å². The van der Waals surface area contributed by atoms with Crippen LogP contribution in [0, 0.1) is 5.92 Å². The first-order chi connectivity index (χ1) is 10.2. The monoisotopic (exact) mass is 292 g/mol. The summed E-state index contributed by atoms with van der Waals surface area (Å²) >= 11 is 0. The van der Waals surface area contributed by atoms with E-state index in [9.17, 15) is 5.11 Å². The second-order valence-electron chi connectivity index (χ2n) is 5.83. The van der Waals surface area contributed by atoms with E-state index in [-0.39, 0.29) is 6.10 Å². The Morgan fingerprint density at radius 2 is 1.86 bits per heavy atom. The molecule has 0 aliphatic heterocycles. The van der Waals surface area contributed by atoms with E-state index in [2.05, 4.69) is 34.4 Å². The molecule has 1 heterocycles. The normalized spacial score (nSPS) is 22.0. The van der Waals surface area contributed by atoms with Gasteiger partial charge in [0, 0.05) is 31.5 Å². The molecule has 1 saturated carbocycles. The SMILES string of the molecule is CCCNc1cc(NCC2CCCCC2O)nc(CC)n1. The minimum atomic E-state index is -0.170. The van der Waals surface area contributed by atoms with Crippen molar-refractivity contribution in [3.05, 3.63) is 11.9 Å². The molecule has 1 aliphatic rings. The van der Waals surface area contributed by atoms with Crippen molar-refractivity contribution in [1.29, 1.82) is 0 Å². The van der Waals surface area contributed by atoms with Crippen LogP contribution in [-0.2, 0) is 6.42 Å². The molecule has 2 atom stereocenters. The van der Waals surface area contributed by atoms with Crippen LogP contribution >= 0.6 is 0 Å². The second kappa shape index (κ2) is 8.17. The third-order valence-electron chi connectivity index (χ3n) is 4.06. The predicted octanol–water partition coefficient (Wildman–Crippen LogP) is 2.82. The van der Waals surface area contributed by atoms with E-state index >= 15 is 0 Å². The molecule has 1 aliphatic carbocycles. The van der Waals surface area contributed by atoms with Crippen LogP contribution in [0.25, 0.3) is 0 Å². The third-order valence-corrected chi connectivity index (χ3v) is 4.06. The molecule has 1 aromatic rings. The molecular weight excluding hydrogens is 264 g/mol. The zero-order chi connectivity index (χ0) is 15.1. The summed E-state index contributed by atoms with van der Waals surface area (Å²) in [7, 11) is 0. The van der Waals surface area contributed by atoms with E-state index in [0.29, 0.717) is 5.92 Å². The molecule has 0 bridgehead atoms. The van der Waals surface area contributed by atoms with Gasteiger partial charge in [0.25, 0.3) is 0 Å². The average molecular weight is 292 g/mol. The Bertz CT molecular complexity index is 438. The number of nitrogens with zero attached hydrogens (tertiary/aromatic N) is 2. The first-order valence-electron chi connectivity index (χ1n) is 8.26. The standard InChI is InChI=1S/C16H28N4O/c1-3-9-17-15-10-16(20-14(4-2)19-15)18-11-12-7-5-6-8-13(12)21/h10,12-13,21H,3-9,11H2,1-2H3,(H2,17,18,19,20). The zero-order valence-corrected chi connectivity index (χ0v) is 13.2. The van der Waals surface area contributed by atoms with Gasteiger partial charge in [0.2, 0.25) is 0 Å². The number of anilines is 2. The summed E-state index contributed by atoms with van der Waals surface area (Å²) in [4.78, 5) is 9.01. The number of aryl methyl sites for hydroxylation is 1. The fourth-order valence-corrected chi connectivity index (χ4v) is 2.75. The Labute approximate surface area is 127 Å². The van der Waals surface area contributed by atoms with Gasteiger partial charge < -0.3 is 15.7 Å². The van der Waals surface area contributed by atoms with E-state index in [1.54, 1.807) is 0 Å². The van der Waals surface area contributed by atoms with Crippen LogP contribution in [0.3, 0.4) is 0 Å². The molecule has 5 nitrogen and oxygen atoms in total. The number of aliphatic hydroxyl groups excluding tert-OH is 1. The van der Waals surface area contributed by atoms with Gasteiger partial charge in [0.1, 0.15) is 17.5 Å². The number of hydrogen-bond acceptors (Lipinski definition) is 5. The molecule has 1 aromatic heterocycles. The highest BCUT2D eigenvalue weighted by Gasteiger charge is 2.22. The molecule has 1 fully saturated rings. The number of rotatable bonds is 7. The molecule has 21 heavy (non-hydrogen) atoms. The molecule has 0 saturated heterocycles. The quantitative estimate of drug-likeness (QED) is 0.721. The molecule has 0 amide bonds. The maximum atomic E-state index is 10.0. The van der Waals surface area contributed by atoms with Crippen LogP contribution in [0.1, 0.15) is 51.8 Å². The molecule has 3 N–H and O–H groups in total. The fraction of sp³-hybridized carbons (Fsp3) is 0.750. The maximum absolute atomic E-state index is 10.0. The van der Waals surface area contributed by atoms with Gasteiger partial charge in [-0.3, -0.25) is 0 Å². The van der Waals surface area contributed by atoms with E-state index in [4.69, 9.17) is 0 Å². The lowest BCUT2D eigenvalue weighted by molar-refractivity contribution is 0.0763. The smallest absolute Gasteiger partial charge is 0.132 e. The molecule has 5 heteroatoms. The highest BCUT2D eigenvalue weighted by atomic mass is 16.3. The van der Waals surface area contributed by atoms with Crippen molar-refractivity contribution in [3.63, 3.8) is 0 Å². The van der Waals surface area contributed by atoms with Crippen molar-refractivity contribution in [1.82, 2.24) is 9.97 Å². The number of aliphatic hydroxyl groups is 1. The lowest BCUT2D eigenvalue weighted by Gasteiger charge is -2.27. The number of aromatic nitrogens is 2. The van der Waals surface area contributed by atoms with Gasteiger partial charge in [-0.2, -0.15) is 0 Å². The topological polar surface area (TPSA) is 70.1 Å². The second-order valence-corrected chi connectivity index (χ2v) is 5.83. The van der Waals surface area contributed by atoms with Crippen molar-refractivity contribution in [3.8, 4) is 0 Å². The lowest BCUT2D eigenvalue weighted by Crippen LogP contribution is -2.30. The Kier molecular flexibility index (Phi) is 6.23. The van der Waals surface area contributed by atoms with Crippen LogP contribution in [0.5, 0.6) is 0 Å². The Balaban J connectivity index is 1.97. The summed E-state index contributed by atoms with van der Waals surface area (Å²) in [5, 5.41) is 16.7. The minimum absolute atomic E-state index is 0.170. The van der Waals surface area contributed by atoms with Crippen molar-refractivity contribution >= 4 is 11.6 Å². The van der Waals surface area contributed by atoms with Crippen LogP contribution in [0.4, 0.5) is 11.6 Å². The Morgan fingerprint density at radius 1 is 1.14 bits per heavy atom. The van der Waals surface area contributed by atoms with Gasteiger partial charge in [-0.1, -0.05) is 26.7 Å². The van der Waals surface area contributed by atoms with Crippen molar-refractivity contribution in [2.24, 2.45) is 5.92 Å². The van der Waals surface area contributed by atoms with Crippen molar-refractivity contribution < 1.29 is 5.11 Å². The minimum Gasteiger partial charge on any atom is -0.393 e. The van der Waals surface area contributed by atoms with Gasteiger partial charge in [-0.15, -0.1) is 0 Å². The summed E-state index contributed by atoms with van der Waals surface area (Å²) in [6.45, 7) is 5.90. The maximum Gasteiger partial charge on any atom is 0.132 e. The fourth-order valence-electron chi connectivity index (χ4n) is 2.75.